The van der Waals surface area contributed by atoms with Crippen LogP contribution >= 0.6 is 0 Å². The molecule has 0 spiro atoms. The number of halogens is 1. The van der Waals surface area contributed by atoms with E-state index in [-0.39, 0.29) is 23.1 Å². The first kappa shape index (κ1) is 14.9. The van der Waals surface area contributed by atoms with Crippen LogP contribution in [0.5, 0.6) is 0 Å². The molecular weight excluding hydrogens is 277 g/mol. The van der Waals surface area contributed by atoms with Gasteiger partial charge in [-0.15, -0.1) is 0 Å². The lowest BCUT2D eigenvalue weighted by Crippen LogP contribution is -2.30. The van der Waals surface area contributed by atoms with Gasteiger partial charge in [0.05, 0.1) is 5.69 Å². The molecule has 5 nitrogen and oxygen atoms in total. The topological polar surface area (TPSA) is 74.7 Å². The molecule has 1 saturated heterocycles. The number of carboxylic acid groups (broad SMARTS) is 1. The maximum atomic E-state index is 13.9. The van der Waals surface area contributed by atoms with Crippen LogP contribution in [0.2, 0.25) is 0 Å². The molecular formula is C15H14FNO4. The van der Waals surface area contributed by atoms with Gasteiger partial charge in [-0.25, -0.2) is 14.1 Å². The minimum absolute atomic E-state index is 0.0707. The molecule has 0 aromatic heterocycles. The van der Waals surface area contributed by atoms with Gasteiger partial charge in [-0.05, 0) is 24.3 Å². The fourth-order valence-electron chi connectivity index (χ4n) is 2.15. The average Bonchev–Trinajstić information content (AvgIpc) is 2.61. The van der Waals surface area contributed by atoms with Crippen LogP contribution in [0.15, 0.2) is 24.3 Å². The second-order valence-electron chi connectivity index (χ2n) is 4.97. The number of benzene rings is 1. The summed E-state index contributed by atoms with van der Waals surface area (Å²) in [5.74, 6) is -3.48. The number of nitrogens with zero attached hydrogens (tertiary/aromatic N) is 1. The number of rotatable bonds is 3. The lowest BCUT2D eigenvalue weighted by molar-refractivity contribution is -0.131. The molecule has 0 bridgehead atoms. The normalized spacial score (nSPS) is 22.3. The monoisotopic (exact) mass is 291 g/mol. The third kappa shape index (κ3) is 2.69. The van der Waals surface area contributed by atoms with Crippen molar-refractivity contribution in [2.75, 3.05) is 4.90 Å². The Morgan fingerprint density at radius 3 is 2.29 bits per heavy atom. The highest BCUT2D eigenvalue weighted by Gasteiger charge is 2.43. The zero-order valence-corrected chi connectivity index (χ0v) is 11.5. The van der Waals surface area contributed by atoms with E-state index in [1.165, 1.54) is 12.1 Å². The Morgan fingerprint density at radius 2 is 1.81 bits per heavy atom. The van der Waals surface area contributed by atoms with Gasteiger partial charge in [0.25, 0.3) is 0 Å². The summed E-state index contributed by atoms with van der Waals surface area (Å²) < 4.78 is 13.9. The minimum atomic E-state index is -1.19. The molecule has 1 N–H and O–H groups in total. The fourth-order valence-corrected chi connectivity index (χ4v) is 2.15. The van der Waals surface area contributed by atoms with Gasteiger partial charge < -0.3 is 5.11 Å². The molecule has 6 heteroatoms. The predicted molar refractivity (Wildman–Crippen MR) is 73.9 cm³/mol. The van der Waals surface area contributed by atoms with Crippen LogP contribution < -0.4 is 4.90 Å². The zero-order valence-electron chi connectivity index (χ0n) is 11.5. The first-order valence-corrected chi connectivity index (χ1v) is 6.41. The quantitative estimate of drug-likeness (QED) is 0.683. The average molecular weight is 291 g/mol. The molecule has 1 aliphatic rings. The molecule has 1 aromatic carbocycles. The molecule has 110 valence electrons. The largest absolute Gasteiger partial charge is 0.478 e. The molecule has 1 heterocycles. The Morgan fingerprint density at radius 1 is 1.24 bits per heavy atom. The van der Waals surface area contributed by atoms with E-state index in [2.05, 4.69) is 0 Å². The van der Waals surface area contributed by atoms with E-state index in [1.54, 1.807) is 13.8 Å². The lowest BCUT2D eigenvalue weighted by atomic mass is 10.00. The molecule has 2 amide bonds. The smallest absolute Gasteiger partial charge is 0.328 e. The second-order valence-corrected chi connectivity index (χ2v) is 4.97. The lowest BCUT2D eigenvalue weighted by Gasteiger charge is -2.15. The maximum absolute atomic E-state index is 13.9. The molecule has 0 radical (unpaired) electrons. The van der Waals surface area contributed by atoms with E-state index in [0.717, 1.165) is 23.1 Å². The number of carbonyl (C=O) groups is 3. The molecule has 0 saturated carbocycles. The van der Waals surface area contributed by atoms with Gasteiger partial charge in [0.15, 0.2) is 0 Å². The highest BCUT2D eigenvalue weighted by atomic mass is 19.1. The number of carboxylic acids is 1. The summed E-state index contributed by atoms with van der Waals surface area (Å²) in [5.41, 5.74) is 0.229. The Kier molecular flexibility index (Phi) is 3.88. The molecule has 2 unspecified atom stereocenters. The summed E-state index contributed by atoms with van der Waals surface area (Å²) in [4.78, 5) is 35.4. The molecule has 1 aliphatic heterocycles. The van der Waals surface area contributed by atoms with E-state index in [0.29, 0.717) is 0 Å². The predicted octanol–water partition coefficient (Wildman–Crippen LogP) is 2.07. The Balaban J connectivity index is 2.35. The number of hydrogen-bond donors (Lipinski definition) is 1. The molecule has 21 heavy (non-hydrogen) atoms. The second kappa shape index (κ2) is 5.47. The summed E-state index contributed by atoms with van der Waals surface area (Å²) >= 11 is 0. The number of carbonyl (C=O) groups excluding carboxylic acids is 2. The summed E-state index contributed by atoms with van der Waals surface area (Å²) in [7, 11) is 0. The molecule has 1 aromatic rings. The van der Waals surface area contributed by atoms with Crippen molar-refractivity contribution >= 4 is 29.5 Å². The molecule has 2 rings (SSSR count). The Hall–Kier alpha value is -2.50. The number of anilines is 1. The van der Waals surface area contributed by atoms with Gasteiger partial charge in [0.1, 0.15) is 5.82 Å². The van der Waals surface area contributed by atoms with Crippen molar-refractivity contribution in [3.63, 3.8) is 0 Å². The summed E-state index contributed by atoms with van der Waals surface area (Å²) in [6.45, 7) is 3.32. The number of amides is 2. The first-order valence-electron chi connectivity index (χ1n) is 6.41. The molecule has 1 fully saturated rings. The third-order valence-electron chi connectivity index (χ3n) is 3.62. The summed E-state index contributed by atoms with van der Waals surface area (Å²) in [6, 6.07) is 3.81. The standard InChI is InChI=1S/C15H14FNO4/c1-8-9(2)15(21)17(14(8)20)11-5-3-10(12(16)7-11)4-6-13(18)19/h3-9H,1-2H3,(H,18,19)/b6-4+. The van der Waals surface area contributed by atoms with Crippen molar-refractivity contribution < 1.29 is 23.9 Å². The van der Waals surface area contributed by atoms with Gasteiger partial charge >= 0.3 is 5.97 Å². The van der Waals surface area contributed by atoms with Gasteiger partial charge in [-0.3, -0.25) is 9.59 Å². The van der Waals surface area contributed by atoms with Gasteiger partial charge in [0.2, 0.25) is 11.8 Å². The van der Waals surface area contributed by atoms with Gasteiger partial charge in [-0.2, -0.15) is 0 Å². The fraction of sp³-hybridized carbons (Fsp3) is 0.267. The van der Waals surface area contributed by atoms with Crippen molar-refractivity contribution in [2.24, 2.45) is 11.8 Å². The van der Waals surface area contributed by atoms with Crippen LogP contribution in [0.3, 0.4) is 0 Å². The van der Waals surface area contributed by atoms with Crippen molar-refractivity contribution in [3.8, 4) is 0 Å². The van der Waals surface area contributed by atoms with Crippen LogP contribution in [-0.2, 0) is 14.4 Å². The van der Waals surface area contributed by atoms with Crippen LogP contribution in [0.1, 0.15) is 19.4 Å². The molecule has 2 atom stereocenters. The van der Waals surface area contributed by atoms with E-state index < -0.39 is 23.6 Å². The highest BCUT2D eigenvalue weighted by Crippen LogP contribution is 2.31. The van der Waals surface area contributed by atoms with Crippen molar-refractivity contribution in [3.05, 3.63) is 35.7 Å². The SMILES string of the molecule is CC1C(=O)N(c2ccc(/C=C/C(=O)O)c(F)c2)C(=O)C1C. The molecule has 0 aliphatic carbocycles. The highest BCUT2D eigenvalue weighted by molar-refractivity contribution is 6.21. The Bertz CT molecular complexity index is 633. The Labute approximate surface area is 120 Å². The maximum Gasteiger partial charge on any atom is 0.328 e. The van der Waals surface area contributed by atoms with Crippen molar-refractivity contribution in [2.45, 2.75) is 13.8 Å². The van der Waals surface area contributed by atoms with Gasteiger partial charge in [-0.1, -0.05) is 13.8 Å². The van der Waals surface area contributed by atoms with Crippen molar-refractivity contribution in [1.82, 2.24) is 0 Å². The first-order chi connectivity index (χ1) is 9.82. The van der Waals surface area contributed by atoms with E-state index >= 15 is 0 Å². The number of imide groups is 1. The number of hydrogen-bond acceptors (Lipinski definition) is 3. The van der Waals surface area contributed by atoms with E-state index in [4.69, 9.17) is 5.11 Å². The van der Waals surface area contributed by atoms with Crippen LogP contribution in [0.25, 0.3) is 6.08 Å². The van der Waals surface area contributed by atoms with Crippen LogP contribution in [0, 0.1) is 17.7 Å². The van der Waals surface area contributed by atoms with Crippen molar-refractivity contribution in [1.29, 1.82) is 0 Å². The number of aliphatic carboxylic acids is 1. The van der Waals surface area contributed by atoms with Gasteiger partial charge in [0, 0.05) is 23.5 Å². The van der Waals surface area contributed by atoms with E-state index in [9.17, 15) is 18.8 Å². The summed E-state index contributed by atoms with van der Waals surface area (Å²) in [6.07, 6.45) is 1.93. The third-order valence-corrected chi connectivity index (χ3v) is 3.62. The van der Waals surface area contributed by atoms with Crippen LogP contribution in [-0.4, -0.2) is 22.9 Å². The minimum Gasteiger partial charge on any atom is -0.478 e. The summed E-state index contributed by atoms with van der Waals surface area (Å²) in [5, 5.41) is 8.51. The van der Waals surface area contributed by atoms with E-state index in [1.807, 2.05) is 0 Å². The van der Waals surface area contributed by atoms with Crippen LogP contribution in [0.4, 0.5) is 10.1 Å². The zero-order chi connectivity index (χ0) is 15.7.